The van der Waals surface area contributed by atoms with Gasteiger partial charge in [-0.05, 0) is 47.9 Å². The molecule has 0 aromatic heterocycles. The molecular weight excluding hydrogens is 289 g/mol. The Morgan fingerprint density at radius 1 is 1.19 bits per heavy atom. The SMILES string of the molecule is O=C(Cc1ccc(F)cc1Cl)c1ccc2c(c1)CNCC2. The molecule has 2 aromatic rings. The molecule has 1 aliphatic rings. The average molecular weight is 304 g/mol. The molecule has 0 saturated heterocycles. The second-order valence-electron chi connectivity index (χ2n) is 5.25. The average Bonchev–Trinajstić information content (AvgIpc) is 2.49. The van der Waals surface area contributed by atoms with Crippen LogP contribution >= 0.6 is 11.6 Å². The molecule has 0 aliphatic carbocycles. The maximum Gasteiger partial charge on any atom is 0.167 e. The van der Waals surface area contributed by atoms with Crippen LogP contribution in [0.25, 0.3) is 0 Å². The number of Topliss-reactive ketones (excluding diaryl/α,β-unsaturated/α-hetero) is 1. The molecular formula is C17H15ClFNO. The molecule has 1 heterocycles. The molecule has 0 radical (unpaired) electrons. The summed E-state index contributed by atoms with van der Waals surface area (Å²) in [6.07, 6.45) is 1.18. The van der Waals surface area contributed by atoms with E-state index in [1.165, 1.54) is 23.3 Å². The van der Waals surface area contributed by atoms with E-state index in [1.807, 2.05) is 18.2 Å². The molecule has 3 rings (SSSR count). The van der Waals surface area contributed by atoms with Crippen LogP contribution in [0.1, 0.15) is 27.0 Å². The molecule has 0 saturated carbocycles. The van der Waals surface area contributed by atoms with Gasteiger partial charge in [0.15, 0.2) is 5.78 Å². The number of nitrogens with one attached hydrogen (secondary N) is 1. The largest absolute Gasteiger partial charge is 0.312 e. The van der Waals surface area contributed by atoms with Crippen molar-refractivity contribution in [2.45, 2.75) is 19.4 Å². The second-order valence-corrected chi connectivity index (χ2v) is 5.65. The Morgan fingerprint density at radius 3 is 2.86 bits per heavy atom. The topological polar surface area (TPSA) is 29.1 Å². The summed E-state index contributed by atoms with van der Waals surface area (Å²) in [7, 11) is 0. The summed E-state index contributed by atoms with van der Waals surface area (Å²) in [6.45, 7) is 1.78. The van der Waals surface area contributed by atoms with Crippen molar-refractivity contribution in [3.8, 4) is 0 Å². The Bertz CT molecular complexity index is 699. The van der Waals surface area contributed by atoms with Crippen LogP contribution < -0.4 is 5.32 Å². The van der Waals surface area contributed by atoms with E-state index in [0.29, 0.717) is 16.1 Å². The summed E-state index contributed by atoms with van der Waals surface area (Å²) in [4.78, 5) is 12.4. The van der Waals surface area contributed by atoms with Crippen molar-refractivity contribution in [1.29, 1.82) is 0 Å². The van der Waals surface area contributed by atoms with Crippen molar-refractivity contribution < 1.29 is 9.18 Å². The third-order valence-corrected chi connectivity index (χ3v) is 4.13. The van der Waals surface area contributed by atoms with E-state index in [4.69, 9.17) is 11.6 Å². The molecule has 0 bridgehead atoms. The highest BCUT2D eigenvalue weighted by molar-refractivity contribution is 6.31. The third kappa shape index (κ3) is 3.14. The van der Waals surface area contributed by atoms with Crippen molar-refractivity contribution in [1.82, 2.24) is 5.32 Å². The minimum atomic E-state index is -0.393. The first-order valence-corrected chi connectivity index (χ1v) is 7.31. The molecule has 108 valence electrons. The molecule has 0 amide bonds. The van der Waals surface area contributed by atoms with Crippen LogP contribution in [0.5, 0.6) is 0 Å². The number of rotatable bonds is 3. The van der Waals surface area contributed by atoms with Crippen molar-refractivity contribution in [3.63, 3.8) is 0 Å². The fourth-order valence-corrected chi connectivity index (χ4v) is 2.83. The number of hydrogen-bond acceptors (Lipinski definition) is 2. The zero-order valence-electron chi connectivity index (χ0n) is 11.5. The van der Waals surface area contributed by atoms with Crippen molar-refractivity contribution in [2.75, 3.05) is 6.54 Å². The lowest BCUT2D eigenvalue weighted by atomic mass is 9.95. The molecule has 1 aliphatic heterocycles. The predicted octanol–water partition coefficient (Wildman–Crippen LogP) is 3.55. The van der Waals surface area contributed by atoms with E-state index < -0.39 is 5.82 Å². The fraction of sp³-hybridized carbons (Fsp3) is 0.235. The normalized spacial score (nSPS) is 13.8. The van der Waals surface area contributed by atoms with Crippen LogP contribution in [0.4, 0.5) is 4.39 Å². The number of ketones is 1. The maximum absolute atomic E-state index is 13.0. The van der Waals surface area contributed by atoms with Gasteiger partial charge in [-0.3, -0.25) is 4.79 Å². The van der Waals surface area contributed by atoms with Crippen LogP contribution in [-0.2, 0) is 19.4 Å². The van der Waals surface area contributed by atoms with Crippen LogP contribution in [0.3, 0.4) is 0 Å². The number of fused-ring (bicyclic) bond motifs is 1. The summed E-state index contributed by atoms with van der Waals surface area (Å²) in [5, 5.41) is 3.59. The van der Waals surface area contributed by atoms with Gasteiger partial charge >= 0.3 is 0 Å². The molecule has 0 fully saturated rings. The highest BCUT2D eigenvalue weighted by Gasteiger charge is 2.14. The lowest BCUT2D eigenvalue weighted by Crippen LogP contribution is -2.23. The summed E-state index contributed by atoms with van der Waals surface area (Å²) in [5.74, 6) is -0.395. The van der Waals surface area contributed by atoms with E-state index >= 15 is 0 Å². The van der Waals surface area contributed by atoms with Crippen molar-refractivity contribution in [2.24, 2.45) is 0 Å². The number of carbonyl (C=O) groups excluding carboxylic acids is 1. The zero-order valence-corrected chi connectivity index (χ0v) is 12.2. The molecule has 0 spiro atoms. The van der Waals surface area contributed by atoms with Crippen molar-refractivity contribution in [3.05, 3.63) is 69.5 Å². The summed E-state index contributed by atoms with van der Waals surface area (Å²) in [5.41, 5.74) is 3.80. The number of carbonyl (C=O) groups is 1. The van der Waals surface area contributed by atoms with Gasteiger partial charge < -0.3 is 5.32 Å². The van der Waals surface area contributed by atoms with Gasteiger partial charge in [-0.25, -0.2) is 4.39 Å². The van der Waals surface area contributed by atoms with Gasteiger partial charge in [-0.2, -0.15) is 0 Å². The molecule has 21 heavy (non-hydrogen) atoms. The maximum atomic E-state index is 13.0. The van der Waals surface area contributed by atoms with Gasteiger partial charge in [0.05, 0.1) is 0 Å². The Hall–Kier alpha value is -1.71. The van der Waals surface area contributed by atoms with Gasteiger partial charge in [-0.15, -0.1) is 0 Å². The molecule has 0 unspecified atom stereocenters. The summed E-state index contributed by atoms with van der Waals surface area (Å²) < 4.78 is 13.0. The van der Waals surface area contributed by atoms with Crippen LogP contribution in [0.2, 0.25) is 5.02 Å². The number of halogens is 2. The van der Waals surface area contributed by atoms with Crippen molar-refractivity contribution >= 4 is 17.4 Å². The molecule has 0 atom stereocenters. The fourth-order valence-electron chi connectivity index (χ4n) is 2.59. The predicted molar refractivity (Wildman–Crippen MR) is 81.3 cm³/mol. The van der Waals surface area contributed by atoms with Crippen LogP contribution in [-0.4, -0.2) is 12.3 Å². The van der Waals surface area contributed by atoms with Gasteiger partial charge in [0, 0.05) is 23.6 Å². The van der Waals surface area contributed by atoms with Crippen LogP contribution in [0.15, 0.2) is 36.4 Å². The van der Waals surface area contributed by atoms with E-state index in [0.717, 1.165) is 19.5 Å². The first-order valence-electron chi connectivity index (χ1n) is 6.93. The Balaban J connectivity index is 1.82. The van der Waals surface area contributed by atoms with E-state index in [-0.39, 0.29) is 12.2 Å². The highest BCUT2D eigenvalue weighted by atomic mass is 35.5. The first kappa shape index (κ1) is 14.2. The minimum absolute atomic E-state index is 0.00289. The summed E-state index contributed by atoms with van der Waals surface area (Å²) >= 11 is 5.97. The second kappa shape index (κ2) is 5.96. The van der Waals surface area contributed by atoms with E-state index in [2.05, 4.69) is 5.32 Å². The molecule has 2 aromatic carbocycles. The van der Waals surface area contributed by atoms with Gasteiger partial charge in [0.25, 0.3) is 0 Å². The molecule has 2 nitrogen and oxygen atoms in total. The monoisotopic (exact) mass is 303 g/mol. The molecule has 1 N–H and O–H groups in total. The Labute approximate surface area is 127 Å². The Kier molecular flexibility index (Phi) is 4.04. The standard InChI is InChI=1S/C17H15ClFNO/c18-16-9-15(19)4-3-12(16)8-17(21)13-2-1-11-5-6-20-10-14(11)7-13/h1-4,7,9,20H,5-6,8,10H2. The van der Waals surface area contributed by atoms with Gasteiger partial charge in [0.2, 0.25) is 0 Å². The first-order chi connectivity index (χ1) is 10.1. The lowest BCUT2D eigenvalue weighted by Gasteiger charge is -2.17. The van der Waals surface area contributed by atoms with Crippen LogP contribution in [0, 0.1) is 5.82 Å². The number of hydrogen-bond donors (Lipinski definition) is 1. The third-order valence-electron chi connectivity index (χ3n) is 3.78. The van der Waals surface area contributed by atoms with E-state index in [1.54, 1.807) is 6.07 Å². The van der Waals surface area contributed by atoms with E-state index in [9.17, 15) is 9.18 Å². The quantitative estimate of drug-likeness (QED) is 0.879. The van der Waals surface area contributed by atoms with Gasteiger partial charge in [0.1, 0.15) is 5.82 Å². The highest BCUT2D eigenvalue weighted by Crippen LogP contribution is 2.21. The van der Waals surface area contributed by atoms with Gasteiger partial charge in [-0.1, -0.05) is 29.8 Å². The summed E-state index contributed by atoms with van der Waals surface area (Å²) in [6, 6.07) is 9.96. The number of benzene rings is 2. The Morgan fingerprint density at radius 2 is 2.05 bits per heavy atom. The zero-order chi connectivity index (χ0) is 14.8. The smallest absolute Gasteiger partial charge is 0.167 e. The lowest BCUT2D eigenvalue weighted by molar-refractivity contribution is 0.0993. The minimum Gasteiger partial charge on any atom is -0.312 e. The molecule has 4 heteroatoms.